The first-order valence-electron chi connectivity index (χ1n) is 6.59. The molecule has 1 atom stereocenters. The largest absolute Gasteiger partial charge is 0.389 e. The third-order valence-electron chi connectivity index (χ3n) is 3.66. The van der Waals surface area contributed by atoms with E-state index < -0.39 is 6.10 Å². The van der Waals surface area contributed by atoms with Gasteiger partial charge in [0.2, 0.25) is 0 Å². The van der Waals surface area contributed by atoms with Gasteiger partial charge in [0.1, 0.15) is 5.82 Å². The van der Waals surface area contributed by atoms with Crippen LogP contribution in [0.4, 0.5) is 5.82 Å². The maximum atomic E-state index is 9.60. The molecule has 0 radical (unpaired) electrons. The van der Waals surface area contributed by atoms with Crippen molar-refractivity contribution in [1.29, 1.82) is 0 Å². The fourth-order valence-electron chi connectivity index (χ4n) is 2.24. The van der Waals surface area contributed by atoms with E-state index in [4.69, 9.17) is 0 Å². The quantitative estimate of drug-likeness (QED) is 0.851. The summed E-state index contributed by atoms with van der Waals surface area (Å²) in [7, 11) is 0. The Hall–Kier alpha value is -1.09. The summed E-state index contributed by atoms with van der Waals surface area (Å²) in [5.41, 5.74) is 0.946. The van der Waals surface area contributed by atoms with E-state index in [2.05, 4.69) is 16.8 Å². The predicted molar refractivity (Wildman–Crippen MR) is 70.1 cm³/mol. The Kier molecular flexibility index (Phi) is 4.00. The van der Waals surface area contributed by atoms with Crippen molar-refractivity contribution >= 4 is 5.82 Å². The summed E-state index contributed by atoms with van der Waals surface area (Å²) >= 11 is 0. The lowest BCUT2D eigenvalue weighted by molar-refractivity contribution is 0.199. The van der Waals surface area contributed by atoms with Gasteiger partial charge in [0.25, 0.3) is 0 Å². The maximum Gasteiger partial charge on any atom is 0.128 e. The molecule has 0 bridgehead atoms. The minimum atomic E-state index is -0.417. The Labute approximate surface area is 103 Å². The highest BCUT2D eigenvalue weighted by Gasteiger charge is 2.20. The van der Waals surface area contributed by atoms with Crippen LogP contribution in [0, 0.1) is 5.92 Å². The molecular formula is C14H22N2O. The first-order chi connectivity index (χ1) is 8.20. The van der Waals surface area contributed by atoms with Gasteiger partial charge in [-0.15, -0.1) is 0 Å². The van der Waals surface area contributed by atoms with Crippen LogP contribution in [0.3, 0.4) is 0 Å². The Morgan fingerprint density at radius 2 is 2.29 bits per heavy atom. The van der Waals surface area contributed by atoms with Gasteiger partial charge in [-0.05, 0) is 50.3 Å². The molecule has 3 nitrogen and oxygen atoms in total. The normalized spacial score (nSPS) is 17.6. The first kappa shape index (κ1) is 12.4. The van der Waals surface area contributed by atoms with Crippen LogP contribution in [0.5, 0.6) is 0 Å². The van der Waals surface area contributed by atoms with Crippen LogP contribution in [-0.2, 0) is 0 Å². The molecule has 1 heterocycles. The Morgan fingerprint density at radius 3 is 2.82 bits per heavy atom. The van der Waals surface area contributed by atoms with Crippen molar-refractivity contribution in [1.82, 2.24) is 4.98 Å². The second kappa shape index (κ2) is 5.50. The minimum absolute atomic E-state index is 0.417. The summed E-state index contributed by atoms with van der Waals surface area (Å²) in [5.74, 6) is 1.84. The molecule has 1 aromatic rings. The number of rotatable bonds is 5. The topological polar surface area (TPSA) is 36.4 Å². The number of aliphatic hydroxyl groups excluding tert-OH is 1. The third-order valence-corrected chi connectivity index (χ3v) is 3.66. The van der Waals surface area contributed by atoms with E-state index in [1.807, 2.05) is 12.1 Å². The Balaban J connectivity index is 2.09. The Bertz CT molecular complexity index is 361. The predicted octanol–water partition coefficient (Wildman–Crippen LogP) is 2.76. The second-order valence-corrected chi connectivity index (χ2v) is 4.96. The average Bonchev–Trinajstić information content (AvgIpc) is 2.28. The summed E-state index contributed by atoms with van der Waals surface area (Å²) < 4.78 is 0. The monoisotopic (exact) mass is 234 g/mol. The van der Waals surface area contributed by atoms with Gasteiger partial charge in [0.15, 0.2) is 0 Å². The van der Waals surface area contributed by atoms with Gasteiger partial charge in [-0.2, -0.15) is 0 Å². The number of hydrogen-bond acceptors (Lipinski definition) is 3. The molecule has 1 saturated carbocycles. The summed E-state index contributed by atoms with van der Waals surface area (Å²) in [6, 6.07) is 3.89. The Morgan fingerprint density at radius 1 is 1.53 bits per heavy atom. The molecule has 0 aromatic carbocycles. The van der Waals surface area contributed by atoms with E-state index in [0.29, 0.717) is 0 Å². The summed E-state index contributed by atoms with van der Waals surface area (Å²) in [5, 5.41) is 9.60. The second-order valence-electron chi connectivity index (χ2n) is 4.96. The van der Waals surface area contributed by atoms with Gasteiger partial charge in [0, 0.05) is 19.3 Å². The fraction of sp³-hybridized carbons (Fsp3) is 0.643. The van der Waals surface area contributed by atoms with E-state index >= 15 is 0 Å². The highest BCUT2D eigenvalue weighted by molar-refractivity contribution is 5.41. The molecule has 0 saturated heterocycles. The highest BCUT2D eigenvalue weighted by Crippen LogP contribution is 2.28. The van der Waals surface area contributed by atoms with Crippen molar-refractivity contribution in [2.75, 3.05) is 18.0 Å². The van der Waals surface area contributed by atoms with Gasteiger partial charge in [-0.3, -0.25) is 0 Å². The van der Waals surface area contributed by atoms with Crippen molar-refractivity contribution in [2.45, 2.75) is 39.2 Å². The highest BCUT2D eigenvalue weighted by atomic mass is 16.3. The van der Waals surface area contributed by atoms with Crippen LogP contribution in [0.2, 0.25) is 0 Å². The molecule has 1 aliphatic carbocycles. The number of hydrogen-bond donors (Lipinski definition) is 1. The SMILES string of the molecule is CCN(CC1CCC1)c1cc([C@H](C)O)ccn1. The number of anilines is 1. The minimum Gasteiger partial charge on any atom is -0.389 e. The summed E-state index contributed by atoms with van der Waals surface area (Å²) in [4.78, 5) is 6.73. The number of aliphatic hydroxyl groups is 1. The first-order valence-corrected chi connectivity index (χ1v) is 6.59. The third kappa shape index (κ3) is 2.97. The molecule has 1 aliphatic rings. The van der Waals surface area contributed by atoms with E-state index in [-0.39, 0.29) is 0 Å². The van der Waals surface area contributed by atoms with E-state index in [9.17, 15) is 5.11 Å². The van der Waals surface area contributed by atoms with Crippen molar-refractivity contribution in [3.63, 3.8) is 0 Å². The number of pyridine rings is 1. The van der Waals surface area contributed by atoms with Gasteiger partial charge >= 0.3 is 0 Å². The lowest BCUT2D eigenvalue weighted by Crippen LogP contribution is -2.33. The zero-order valence-electron chi connectivity index (χ0n) is 10.8. The van der Waals surface area contributed by atoms with E-state index in [1.165, 1.54) is 19.3 Å². The molecule has 0 aliphatic heterocycles. The van der Waals surface area contributed by atoms with Crippen LogP contribution in [-0.4, -0.2) is 23.2 Å². The maximum absolute atomic E-state index is 9.60. The molecule has 2 rings (SSSR count). The summed E-state index contributed by atoms with van der Waals surface area (Å²) in [6.45, 7) is 6.04. The van der Waals surface area contributed by atoms with Gasteiger partial charge in [-0.25, -0.2) is 4.98 Å². The lowest BCUT2D eigenvalue weighted by atomic mass is 9.85. The molecule has 1 aromatic heterocycles. The average molecular weight is 234 g/mol. The molecule has 1 fully saturated rings. The molecule has 1 N–H and O–H groups in total. The molecule has 0 unspecified atom stereocenters. The molecule has 17 heavy (non-hydrogen) atoms. The molecular weight excluding hydrogens is 212 g/mol. The lowest BCUT2D eigenvalue weighted by Gasteiger charge is -2.32. The smallest absolute Gasteiger partial charge is 0.128 e. The van der Waals surface area contributed by atoms with Crippen LogP contribution in [0.15, 0.2) is 18.3 Å². The van der Waals surface area contributed by atoms with Crippen LogP contribution >= 0.6 is 0 Å². The van der Waals surface area contributed by atoms with Crippen LogP contribution in [0.25, 0.3) is 0 Å². The van der Waals surface area contributed by atoms with Crippen molar-refractivity contribution < 1.29 is 5.11 Å². The van der Waals surface area contributed by atoms with E-state index in [1.54, 1.807) is 13.1 Å². The summed E-state index contributed by atoms with van der Waals surface area (Å²) in [6.07, 6.45) is 5.46. The van der Waals surface area contributed by atoms with Crippen LogP contribution < -0.4 is 4.90 Å². The zero-order valence-corrected chi connectivity index (χ0v) is 10.8. The van der Waals surface area contributed by atoms with Crippen LogP contribution in [0.1, 0.15) is 44.8 Å². The number of aromatic nitrogens is 1. The number of nitrogens with zero attached hydrogens (tertiary/aromatic N) is 2. The van der Waals surface area contributed by atoms with E-state index in [0.717, 1.165) is 30.4 Å². The molecule has 0 amide bonds. The molecule has 0 spiro atoms. The van der Waals surface area contributed by atoms with Crippen molar-refractivity contribution in [2.24, 2.45) is 5.92 Å². The van der Waals surface area contributed by atoms with Gasteiger partial charge < -0.3 is 10.0 Å². The fourth-order valence-corrected chi connectivity index (χ4v) is 2.24. The molecule has 3 heteroatoms. The van der Waals surface area contributed by atoms with Crippen molar-refractivity contribution in [3.8, 4) is 0 Å². The van der Waals surface area contributed by atoms with Gasteiger partial charge in [0.05, 0.1) is 6.10 Å². The van der Waals surface area contributed by atoms with Gasteiger partial charge in [-0.1, -0.05) is 6.42 Å². The zero-order chi connectivity index (χ0) is 12.3. The van der Waals surface area contributed by atoms with Crippen molar-refractivity contribution in [3.05, 3.63) is 23.9 Å². The standard InChI is InChI=1S/C14H22N2O/c1-3-16(10-12-5-4-6-12)14-9-13(11(2)17)7-8-15-14/h7-9,11-12,17H,3-6,10H2,1-2H3/t11-/m0/s1. The molecule has 94 valence electrons.